The summed E-state index contributed by atoms with van der Waals surface area (Å²) in [5.74, 6) is 0.456. The highest BCUT2D eigenvalue weighted by Gasteiger charge is 2.21. The third kappa shape index (κ3) is 2.33. The Morgan fingerprint density at radius 3 is 2.54 bits per heavy atom. The lowest BCUT2D eigenvalue weighted by atomic mass is 10.1. The van der Waals surface area contributed by atoms with Gasteiger partial charge in [-0.2, -0.15) is 5.10 Å². The lowest BCUT2D eigenvalue weighted by molar-refractivity contribution is -0.598. The molecule has 0 unspecified atom stereocenters. The summed E-state index contributed by atoms with van der Waals surface area (Å²) in [5.41, 5.74) is 2.34. The van der Waals surface area contributed by atoms with Crippen LogP contribution in [0.3, 0.4) is 0 Å². The van der Waals surface area contributed by atoms with Crippen LogP contribution in [0.2, 0.25) is 0 Å². The van der Waals surface area contributed by atoms with Gasteiger partial charge in [-0.3, -0.25) is 0 Å². The molecule has 0 atom stereocenters. The van der Waals surface area contributed by atoms with Crippen LogP contribution in [0.4, 0.5) is 4.39 Å². The van der Waals surface area contributed by atoms with Crippen molar-refractivity contribution in [2.24, 2.45) is 0 Å². The van der Waals surface area contributed by atoms with E-state index in [-0.39, 0.29) is 5.82 Å². The molecular formula is C21H14FN4+. The van der Waals surface area contributed by atoms with Crippen molar-refractivity contribution in [3.8, 4) is 11.5 Å². The van der Waals surface area contributed by atoms with Gasteiger partial charge in [-0.25, -0.2) is 13.6 Å². The summed E-state index contributed by atoms with van der Waals surface area (Å²) < 4.78 is 17.3. The van der Waals surface area contributed by atoms with Crippen LogP contribution in [-0.2, 0) is 0 Å². The Bertz CT molecular complexity index is 1250. The molecule has 3 aromatic heterocycles. The van der Waals surface area contributed by atoms with E-state index in [1.54, 1.807) is 10.7 Å². The number of nitrogens with zero attached hydrogens (tertiary/aromatic N) is 4. The number of halogens is 1. The van der Waals surface area contributed by atoms with Crippen molar-refractivity contribution in [1.82, 2.24) is 14.8 Å². The van der Waals surface area contributed by atoms with E-state index < -0.39 is 0 Å². The minimum Gasteiger partial charge on any atom is -0.239 e. The molecule has 0 radical (unpaired) electrons. The average molecular weight is 341 g/mol. The van der Waals surface area contributed by atoms with Crippen LogP contribution in [-0.4, -0.2) is 14.8 Å². The highest BCUT2D eigenvalue weighted by atomic mass is 19.1. The fraction of sp³-hybridized carbons (Fsp3) is 0. The van der Waals surface area contributed by atoms with E-state index in [9.17, 15) is 4.39 Å². The second-order valence-electron chi connectivity index (χ2n) is 6.05. The predicted octanol–water partition coefficient (Wildman–Crippen LogP) is 3.99. The molecule has 26 heavy (non-hydrogen) atoms. The number of benzene rings is 2. The molecule has 5 aromatic rings. The first-order valence-corrected chi connectivity index (χ1v) is 8.30. The largest absolute Gasteiger partial charge is 0.356 e. The number of pyridine rings is 2. The van der Waals surface area contributed by atoms with E-state index in [0.29, 0.717) is 5.69 Å². The molecule has 0 saturated carbocycles. The Morgan fingerprint density at radius 1 is 0.846 bits per heavy atom. The normalized spacial score (nSPS) is 11.3. The van der Waals surface area contributed by atoms with Crippen molar-refractivity contribution in [3.05, 3.63) is 91.1 Å². The van der Waals surface area contributed by atoms with Gasteiger partial charge < -0.3 is 0 Å². The number of para-hydroxylation sites is 1. The quantitative estimate of drug-likeness (QED) is 0.455. The van der Waals surface area contributed by atoms with Gasteiger partial charge in [0.05, 0.1) is 18.1 Å². The Balaban J connectivity index is 1.86. The van der Waals surface area contributed by atoms with Crippen molar-refractivity contribution in [3.63, 3.8) is 0 Å². The van der Waals surface area contributed by atoms with Crippen molar-refractivity contribution in [2.45, 2.75) is 0 Å². The molecule has 0 spiro atoms. The zero-order valence-corrected chi connectivity index (χ0v) is 13.7. The maximum Gasteiger partial charge on any atom is 0.356 e. The van der Waals surface area contributed by atoms with E-state index in [1.165, 1.54) is 12.1 Å². The molecule has 0 aliphatic heterocycles. The molecular weight excluding hydrogens is 327 g/mol. The van der Waals surface area contributed by atoms with Crippen molar-refractivity contribution >= 4 is 21.8 Å². The number of aromatic nitrogens is 4. The van der Waals surface area contributed by atoms with Gasteiger partial charge in [0, 0.05) is 17.0 Å². The summed E-state index contributed by atoms with van der Waals surface area (Å²) in [6, 6.07) is 20.2. The second kappa shape index (κ2) is 5.74. The molecule has 2 aromatic carbocycles. The third-order valence-corrected chi connectivity index (χ3v) is 4.38. The van der Waals surface area contributed by atoms with E-state index in [2.05, 4.69) is 0 Å². The summed E-state index contributed by atoms with van der Waals surface area (Å²) in [5, 5.41) is 6.71. The molecule has 124 valence electrons. The summed E-state index contributed by atoms with van der Waals surface area (Å²) in [4.78, 5) is 4.81. The van der Waals surface area contributed by atoms with Crippen LogP contribution in [0.15, 0.2) is 85.3 Å². The Hall–Kier alpha value is -3.60. The molecule has 0 fully saturated rings. The lowest BCUT2D eigenvalue weighted by Gasteiger charge is -1.99. The first-order chi connectivity index (χ1) is 12.8. The summed E-state index contributed by atoms with van der Waals surface area (Å²) in [7, 11) is 0. The van der Waals surface area contributed by atoms with Crippen molar-refractivity contribution < 1.29 is 8.96 Å². The summed E-state index contributed by atoms with van der Waals surface area (Å²) in [6.45, 7) is 0. The van der Waals surface area contributed by atoms with Crippen LogP contribution < -0.4 is 4.57 Å². The third-order valence-electron chi connectivity index (χ3n) is 4.38. The van der Waals surface area contributed by atoms with Gasteiger partial charge in [-0.1, -0.05) is 24.3 Å². The smallest absolute Gasteiger partial charge is 0.239 e. The van der Waals surface area contributed by atoms with Crippen LogP contribution in [0.25, 0.3) is 33.3 Å². The molecule has 4 nitrogen and oxygen atoms in total. The minimum atomic E-state index is -0.289. The van der Waals surface area contributed by atoms with Crippen LogP contribution in [0.5, 0.6) is 0 Å². The minimum absolute atomic E-state index is 0.289. The predicted molar refractivity (Wildman–Crippen MR) is 97.9 cm³/mol. The van der Waals surface area contributed by atoms with Gasteiger partial charge >= 0.3 is 5.82 Å². The molecule has 5 heteroatoms. The molecule has 0 bridgehead atoms. The monoisotopic (exact) mass is 341 g/mol. The SMILES string of the molecule is Fc1cccc(-n2cc3c(n2)c(-[n+]2ccccc2)nc2ccccc23)c1. The highest BCUT2D eigenvalue weighted by molar-refractivity contribution is 6.06. The van der Waals surface area contributed by atoms with Gasteiger partial charge in [0.1, 0.15) is 5.82 Å². The van der Waals surface area contributed by atoms with Gasteiger partial charge in [0.25, 0.3) is 0 Å². The van der Waals surface area contributed by atoms with E-state index in [0.717, 1.165) is 27.6 Å². The number of rotatable bonds is 2. The van der Waals surface area contributed by atoms with Gasteiger partial charge in [-0.15, -0.1) is 0 Å². The number of fused-ring (bicyclic) bond motifs is 3. The Morgan fingerprint density at radius 2 is 1.69 bits per heavy atom. The Kier molecular flexibility index (Phi) is 3.25. The molecule has 0 saturated heterocycles. The standard InChI is InChI=1S/C21H14FN4/c22-15-7-6-8-16(13-15)26-14-18-17-9-2-3-10-19(17)23-21(20(18)24-26)25-11-4-1-5-12-25/h1-14H/q+1. The average Bonchev–Trinajstić information content (AvgIpc) is 3.14. The summed E-state index contributed by atoms with van der Waals surface area (Å²) >= 11 is 0. The zero-order valence-electron chi connectivity index (χ0n) is 13.7. The van der Waals surface area contributed by atoms with Gasteiger partial charge in [-0.05, 0) is 47.4 Å². The fourth-order valence-corrected chi connectivity index (χ4v) is 3.17. The molecule has 3 heterocycles. The molecule has 0 N–H and O–H groups in total. The molecule has 0 aliphatic rings. The first-order valence-electron chi connectivity index (χ1n) is 8.30. The fourth-order valence-electron chi connectivity index (χ4n) is 3.17. The topological polar surface area (TPSA) is 34.6 Å². The lowest BCUT2D eigenvalue weighted by Crippen LogP contribution is -2.31. The maximum absolute atomic E-state index is 13.6. The molecule has 0 aliphatic carbocycles. The van der Waals surface area contributed by atoms with Crippen molar-refractivity contribution in [1.29, 1.82) is 0 Å². The number of hydrogen-bond acceptors (Lipinski definition) is 2. The van der Waals surface area contributed by atoms with Gasteiger partial charge in [0.15, 0.2) is 11.0 Å². The molecule has 0 amide bonds. The second-order valence-corrected chi connectivity index (χ2v) is 6.05. The van der Waals surface area contributed by atoms with Gasteiger partial charge in [0.2, 0.25) is 0 Å². The summed E-state index contributed by atoms with van der Waals surface area (Å²) in [6.07, 6.45) is 5.82. The molecule has 5 rings (SSSR count). The van der Waals surface area contributed by atoms with E-state index in [1.807, 2.05) is 71.7 Å². The zero-order chi connectivity index (χ0) is 17.5. The van der Waals surface area contributed by atoms with Crippen LogP contribution in [0, 0.1) is 5.82 Å². The Labute approximate surface area is 148 Å². The first kappa shape index (κ1) is 14.7. The number of hydrogen-bond donors (Lipinski definition) is 0. The van der Waals surface area contributed by atoms with Crippen LogP contribution in [0.1, 0.15) is 0 Å². The maximum atomic E-state index is 13.6. The van der Waals surface area contributed by atoms with Crippen LogP contribution >= 0.6 is 0 Å². The van der Waals surface area contributed by atoms with Crippen molar-refractivity contribution in [2.75, 3.05) is 0 Å². The highest BCUT2D eigenvalue weighted by Crippen LogP contribution is 2.26. The van der Waals surface area contributed by atoms with E-state index >= 15 is 0 Å². The van der Waals surface area contributed by atoms with E-state index in [4.69, 9.17) is 10.1 Å².